The molecule has 0 amide bonds. The fourth-order valence-corrected chi connectivity index (χ4v) is 7.98. The van der Waals surface area contributed by atoms with Crippen molar-refractivity contribution in [1.82, 2.24) is 4.57 Å². The van der Waals surface area contributed by atoms with Crippen molar-refractivity contribution >= 4 is 53.3 Å². The smallest absolute Gasteiger partial charge is 0.0541 e. The molecule has 0 N–H and O–H groups in total. The van der Waals surface area contributed by atoms with E-state index < -0.39 is 0 Å². The second-order valence-electron chi connectivity index (χ2n) is 10.5. The van der Waals surface area contributed by atoms with Crippen LogP contribution in [0.2, 0.25) is 0 Å². The van der Waals surface area contributed by atoms with Crippen molar-refractivity contribution in [3.05, 3.63) is 139 Å². The van der Waals surface area contributed by atoms with E-state index in [1.54, 1.807) is 0 Å². The van der Waals surface area contributed by atoms with Crippen LogP contribution >= 0.6 is 11.3 Å². The highest BCUT2D eigenvalue weighted by atomic mass is 32.1. The van der Waals surface area contributed by atoms with Crippen molar-refractivity contribution < 1.29 is 0 Å². The second kappa shape index (κ2) is 7.92. The van der Waals surface area contributed by atoms with Gasteiger partial charge in [-0.15, -0.1) is 11.3 Å². The van der Waals surface area contributed by atoms with Gasteiger partial charge in [-0.05, 0) is 64.6 Å². The number of thiophene rings is 1. The highest BCUT2D eigenvalue weighted by molar-refractivity contribution is 7.26. The summed E-state index contributed by atoms with van der Waals surface area (Å²) < 4.78 is 5.15. The maximum atomic E-state index is 2.43. The van der Waals surface area contributed by atoms with Crippen LogP contribution in [0.5, 0.6) is 0 Å². The Hall–Kier alpha value is -4.66. The molecule has 0 atom stereocenters. The number of aromatic nitrogens is 1. The summed E-state index contributed by atoms with van der Waals surface area (Å²) in [6.45, 7) is 0. The third kappa shape index (κ3) is 2.95. The Morgan fingerprint density at radius 3 is 1.97 bits per heavy atom. The van der Waals surface area contributed by atoms with Crippen LogP contribution in [-0.2, 0) is 6.42 Å². The first-order chi connectivity index (χ1) is 19.3. The van der Waals surface area contributed by atoms with E-state index in [1.165, 1.54) is 81.0 Å². The van der Waals surface area contributed by atoms with E-state index in [4.69, 9.17) is 0 Å². The molecule has 0 saturated carbocycles. The predicted molar refractivity (Wildman–Crippen MR) is 167 cm³/mol. The lowest BCUT2D eigenvalue weighted by Gasteiger charge is -2.14. The number of benzene rings is 6. The zero-order valence-electron chi connectivity index (χ0n) is 21.2. The summed E-state index contributed by atoms with van der Waals surface area (Å²) in [5.41, 5.74) is 12.0. The largest absolute Gasteiger partial charge is 0.309 e. The first kappa shape index (κ1) is 21.3. The molecule has 2 heterocycles. The molecule has 0 radical (unpaired) electrons. The van der Waals surface area contributed by atoms with Crippen molar-refractivity contribution in [2.24, 2.45) is 0 Å². The molecular weight excluding hydrogens is 490 g/mol. The van der Waals surface area contributed by atoms with Gasteiger partial charge in [0.25, 0.3) is 0 Å². The predicted octanol–water partition coefficient (Wildman–Crippen LogP) is 10.4. The quantitative estimate of drug-likeness (QED) is 0.217. The molecule has 1 aliphatic rings. The Kier molecular flexibility index (Phi) is 4.33. The molecule has 1 aliphatic carbocycles. The van der Waals surface area contributed by atoms with Gasteiger partial charge in [0.2, 0.25) is 0 Å². The number of nitrogens with zero attached hydrogens (tertiary/aromatic N) is 1. The van der Waals surface area contributed by atoms with E-state index in [-0.39, 0.29) is 0 Å². The van der Waals surface area contributed by atoms with Crippen molar-refractivity contribution in [2.75, 3.05) is 0 Å². The number of fused-ring (bicyclic) bond motifs is 9. The summed E-state index contributed by atoms with van der Waals surface area (Å²) in [7, 11) is 0. The number of para-hydroxylation sites is 2. The summed E-state index contributed by atoms with van der Waals surface area (Å²) in [5.74, 6) is 0. The summed E-state index contributed by atoms with van der Waals surface area (Å²) in [6.07, 6.45) is 0.981. The van der Waals surface area contributed by atoms with E-state index in [0.717, 1.165) is 6.42 Å². The molecule has 2 heteroatoms. The lowest BCUT2D eigenvalue weighted by molar-refractivity contribution is 1.17. The van der Waals surface area contributed by atoms with Gasteiger partial charge in [-0.3, -0.25) is 0 Å². The molecule has 0 bridgehead atoms. The van der Waals surface area contributed by atoms with Gasteiger partial charge in [-0.1, -0.05) is 97.1 Å². The average molecular weight is 514 g/mol. The monoisotopic (exact) mass is 513 g/mol. The van der Waals surface area contributed by atoms with E-state index in [9.17, 15) is 0 Å². The molecule has 0 aliphatic heterocycles. The molecule has 9 rings (SSSR count). The third-order valence-corrected chi connectivity index (χ3v) is 9.65. The molecule has 39 heavy (non-hydrogen) atoms. The van der Waals surface area contributed by atoms with Gasteiger partial charge in [0.15, 0.2) is 0 Å². The molecule has 0 fully saturated rings. The van der Waals surface area contributed by atoms with E-state index in [1.807, 2.05) is 11.3 Å². The van der Waals surface area contributed by atoms with Crippen molar-refractivity contribution in [3.8, 4) is 27.9 Å². The number of hydrogen-bond donors (Lipinski definition) is 0. The summed E-state index contributed by atoms with van der Waals surface area (Å²) in [4.78, 5) is 0. The van der Waals surface area contributed by atoms with Gasteiger partial charge in [0.05, 0.1) is 11.0 Å². The summed E-state index contributed by atoms with van der Waals surface area (Å²) in [5, 5.41) is 5.29. The average Bonchev–Trinajstić information content (AvgIpc) is 3.66. The fraction of sp³-hybridized carbons (Fsp3) is 0.0270. The lowest BCUT2D eigenvalue weighted by atomic mass is 9.93. The maximum absolute atomic E-state index is 2.43. The highest BCUT2D eigenvalue weighted by Gasteiger charge is 2.24. The van der Waals surface area contributed by atoms with Crippen LogP contribution in [0.3, 0.4) is 0 Å². The van der Waals surface area contributed by atoms with E-state index >= 15 is 0 Å². The Labute approximate surface area is 230 Å². The maximum Gasteiger partial charge on any atom is 0.0541 e. The highest BCUT2D eigenvalue weighted by Crippen LogP contribution is 2.47. The molecular formula is C37H23NS. The molecule has 182 valence electrons. The SMILES string of the molecule is c1cc2c(c(-c3cccc4c3sc3ccccc34)c1)-c1cc(-n3c4ccccc4c4ccccc43)ccc1C2. The van der Waals surface area contributed by atoms with Crippen LogP contribution in [0.15, 0.2) is 127 Å². The Morgan fingerprint density at radius 2 is 1.15 bits per heavy atom. The molecule has 8 aromatic rings. The number of hydrogen-bond acceptors (Lipinski definition) is 1. The Bertz CT molecular complexity index is 2210. The molecule has 1 nitrogen and oxygen atoms in total. The van der Waals surface area contributed by atoms with Crippen molar-refractivity contribution in [1.29, 1.82) is 0 Å². The van der Waals surface area contributed by atoms with Gasteiger partial charge >= 0.3 is 0 Å². The van der Waals surface area contributed by atoms with Gasteiger partial charge < -0.3 is 4.57 Å². The molecule has 2 aromatic heterocycles. The van der Waals surface area contributed by atoms with Crippen LogP contribution in [0, 0.1) is 0 Å². The minimum atomic E-state index is 0.981. The topological polar surface area (TPSA) is 4.93 Å². The zero-order valence-corrected chi connectivity index (χ0v) is 22.0. The normalized spacial score (nSPS) is 12.5. The molecule has 0 saturated heterocycles. The minimum Gasteiger partial charge on any atom is -0.309 e. The van der Waals surface area contributed by atoms with Gasteiger partial charge in [0, 0.05) is 42.2 Å². The zero-order chi connectivity index (χ0) is 25.5. The molecule has 0 spiro atoms. The first-order valence-electron chi connectivity index (χ1n) is 13.5. The standard InChI is InChI=1S/C37H23NS/c1-4-16-33-26(10-1)27-11-2-5-17-34(27)38(33)25-20-19-23-21-24-9-7-13-29(36(24)32(23)22-25)31-15-8-14-30-28-12-3-6-18-35(28)39-37(30)31/h1-20,22H,21H2. The first-order valence-corrected chi connectivity index (χ1v) is 14.3. The molecule has 0 unspecified atom stereocenters. The summed E-state index contributed by atoms with van der Waals surface area (Å²) >= 11 is 1.91. The molecule has 6 aromatic carbocycles. The van der Waals surface area contributed by atoms with Gasteiger partial charge in [-0.25, -0.2) is 0 Å². The Morgan fingerprint density at radius 1 is 0.487 bits per heavy atom. The Balaban J connectivity index is 1.30. The van der Waals surface area contributed by atoms with Crippen LogP contribution < -0.4 is 0 Å². The van der Waals surface area contributed by atoms with Crippen molar-refractivity contribution in [2.45, 2.75) is 6.42 Å². The third-order valence-electron chi connectivity index (χ3n) is 8.43. The summed E-state index contributed by atoms with van der Waals surface area (Å²) in [6, 6.07) is 47.0. The van der Waals surface area contributed by atoms with Gasteiger partial charge in [0.1, 0.15) is 0 Å². The fourth-order valence-electron chi connectivity index (χ4n) is 6.75. The number of rotatable bonds is 2. The van der Waals surface area contributed by atoms with Crippen LogP contribution in [0.25, 0.3) is 69.9 Å². The van der Waals surface area contributed by atoms with Crippen LogP contribution in [0.4, 0.5) is 0 Å². The van der Waals surface area contributed by atoms with E-state index in [0.29, 0.717) is 0 Å². The second-order valence-corrected chi connectivity index (χ2v) is 11.6. The lowest BCUT2D eigenvalue weighted by Crippen LogP contribution is -1.95. The van der Waals surface area contributed by atoms with Crippen LogP contribution in [-0.4, -0.2) is 4.57 Å². The van der Waals surface area contributed by atoms with E-state index in [2.05, 4.69) is 132 Å². The van der Waals surface area contributed by atoms with Crippen LogP contribution in [0.1, 0.15) is 11.1 Å². The van der Waals surface area contributed by atoms with Crippen molar-refractivity contribution in [3.63, 3.8) is 0 Å². The van der Waals surface area contributed by atoms with Gasteiger partial charge in [-0.2, -0.15) is 0 Å². The minimum absolute atomic E-state index is 0.981.